The Morgan fingerprint density at radius 1 is 1.25 bits per heavy atom. The zero-order valence-corrected chi connectivity index (χ0v) is 17.0. The fraction of sp³-hybridized carbons (Fsp3) is 0.450. The second-order valence-corrected chi connectivity index (χ2v) is 7.96. The van der Waals surface area contributed by atoms with Crippen LogP contribution in [0.4, 0.5) is 5.82 Å². The average Bonchev–Trinajstić information content (AvgIpc) is 3.26. The van der Waals surface area contributed by atoms with Gasteiger partial charge in [-0.15, -0.1) is 11.3 Å². The number of hydrogen-bond acceptors (Lipinski definition) is 6. The summed E-state index contributed by atoms with van der Waals surface area (Å²) in [6.45, 7) is 7.30. The van der Waals surface area contributed by atoms with Crippen LogP contribution in [0.15, 0.2) is 35.8 Å². The third-order valence-electron chi connectivity index (χ3n) is 4.59. The van der Waals surface area contributed by atoms with Crippen LogP contribution in [0.1, 0.15) is 29.1 Å². The largest absolute Gasteiger partial charge is 0.378 e. The lowest BCUT2D eigenvalue weighted by atomic mass is 10.0. The Balaban J connectivity index is 1.54. The molecule has 0 bridgehead atoms. The topological polar surface area (TPSA) is 83.6 Å². The third-order valence-corrected chi connectivity index (χ3v) is 5.46. The van der Waals surface area contributed by atoms with E-state index in [4.69, 9.17) is 4.74 Å². The predicted molar refractivity (Wildman–Crippen MR) is 110 cm³/mol. The van der Waals surface area contributed by atoms with Gasteiger partial charge in [0.05, 0.1) is 18.1 Å². The van der Waals surface area contributed by atoms with Crippen LogP contribution in [0.5, 0.6) is 0 Å². The molecule has 28 heavy (non-hydrogen) atoms. The first-order chi connectivity index (χ1) is 13.5. The van der Waals surface area contributed by atoms with E-state index in [1.54, 1.807) is 12.3 Å². The smallest absolute Gasteiger partial charge is 0.262 e. The van der Waals surface area contributed by atoms with Crippen molar-refractivity contribution < 1.29 is 14.3 Å². The molecule has 0 unspecified atom stereocenters. The Morgan fingerprint density at radius 3 is 2.64 bits per heavy atom. The van der Waals surface area contributed by atoms with Crippen LogP contribution < -0.4 is 15.5 Å². The molecule has 0 spiro atoms. The Bertz CT molecular complexity index is 771. The van der Waals surface area contributed by atoms with Crippen LogP contribution in [0.2, 0.25) is 0 Å². The van der Waals surface area contributed by atoms with Crippen LogP contribution in [0, 0.1) is 5.92 Å². The molecular formula is C20H26N4O3S. The highest BCUT2D eigenvalue weighted by molar-refractivity contribution is 7.12. The van der Waals surface area contributed by atoms with Crippen LogP contribution in [-0.2, 0) is 16.1 Å². The summed E-state index contributed by atoms with van der Waals surface area (Å²) in [5.74, 6) is 0.477. The minimum atomic E-state index is -0.588. The molecule has 3 rings (SSSR count). The number of pyridine rings is 1. The van der Waals surface area contributed by atoms with Gasteiger partial charge in [-0.1, -0.05) is 26.0 Å². The normalized spacial score (nSPS) is 15.3. The van der Waals surface area contributed by atoms with E-state index in [1.165, 1.54) is 11.3 Å². The SMILES string of the molecule is CC(C)[C@H](NC(=O)c1cccs1)C(=O)NCc1ccc(N2CCOCC2)nc1. The molecule has 7 nitrogen and oxygen atoms in total. The van der Waals surface area contributed by atoms with Gasteiger partial charge >= 0.3 is 0 Å². The van der Waals surface area contributed by atoms with E-state index in [1.807, 2.05) is 37.4 Å². The number of nitrogens with one attached hydrogen (secondary N) is 2. The lowest BCUT2D eigenvalue weighted by Crippen LogP contribution is -2.49. The second-order valence-electron chi connectivity index (χ2n) is 7.01. The zero-order chi connectivity index (χ0) is 19.9. The number of aromatic nitrogens is 1. The molecule has 3 heterocycles. The van der Waals surface area contributed by atoms with Gasteiger partial charge in [0, 0.05) is 25.8 Å². The number of ether oxygens (including phenoxy) is 1. The molecule has 1 aliphatic heterocycles. The number of hydrogen-bond donors (Lipinski definition) is 2. The maximum atomic E-state index is 12.6. The average molecular weight is 403 g/mol. The first kappa shape index (κ1) is 20.3. The lowest BCUT2D eigenvalue weighted by Gasteiger charge is -2.27. The standard InChI is InChI=1S/C20H26N4O3S/c1-14(2)18(23-19(25)16-4-3-11-28-16)20(26)22-13-15-5-6-17(21-12-15)24-7-9-27-10-8-24/h3-6,11-12,14,18H,7-10,13H2,1-2H3,(H,22,26)(H,23,25)/t18-/m0/s1. The minimum Gasteiger partial charge on any atom is -0.378 e. The quantitative estimate of drug-likeness (QED) is 0.741. The fourth-order valence-corrected chi connectivity index (χ4v) is 3.58. The number of morpholine rings is 1. The maximum absolute atomic E-state index is 12.6. The van der Waals surface area contributed by atoms with Gasteiger partial charge in [-0.25, -0.2) is 4.98 Å². The summed E-state index contributed by atoms with van der Waals surface area (Å²) in [7, 11) is 0. The number of thiophene rings is 1. The molecule has 0 saturated carbocycles. The van der Waals surface area contributed by atoms with E-state index in [0.29, 0.717) is 24.6 Å². The highest BCUT2D eigenvalue weighted by Crippen LogP contribution is 2.14. The van der Waals surface area contributed by atoms with Crippen LogP contribution in [0.3, 0.4) is 0 Å². The summed E-state index contributed by atoms with van der Waals surface area (Å²) in [6.07, 6.45) is 1.78. The van der Waals surface area contributed by atoms with Crippen molar-refractivity contribution in [3.8, 4) is 0 Å². The molecule has 2 amide bonds. The van der Waals surface area contributed by atoms with Gasteiger partial charge in [0.25, 0.3) is 5.91 Å². The van der Waals surface area contributed by atoms with Gasteiger partial charge in [0.1, 0.15) is 11.9 Å². The molecule has 8 heteroatoms. The number of rotatable bonds is 7. The van der Waals surface area contributed by atoms with E-state index < -0.39 is 6.04 Å². The summed E-state index contributed by atoms with van der Waals surface area (Å²) in [6, 6.07) is 6.90. The van der Waals surface area contributed by atoms with Crippen molar-refractivity contribution in [2.45, 2.75) is 26.4 Å². The summed E-state index contributed by atoms with van der Waals surface area (Å²) in [5, 5.41) is 7.58. The molecule has 2 N–H and O–H groups in total. The number of carbonyl (C=O) groups is 2. The Hall–Kier alpha value is -2.45. The van der Waals surface area contributed by atoms with Gasteiger partial charge in [-0.3, -0.25) is 9.59 Å². The number of amides is 2. The van der Waals surface area contributed by atoms with Crippen LogP contribution in [0.25, 0.3) is 0 Å². The van der Waals surface area contributed by atoms with E-state index in [-0.39, 0.29) is 17.7 Å². The molecule has 2 aromatic rings. The van der Waals surface area contributed by atoms with Crippen molar-refractivity contribution in [2.75, 3.05) is 31.2 Å². The molecular weight excluding hydrogens is 376 g/mol. The molecule has 0 aromatic carbocycles. The van der Waals surface area contributed by atoms with Gasteiger partial charge in [-0.2, -0.15) is 0 Å². The highest BCUT2D eigenvalue weighted by atomic mass is 32.1. The summed E-state index contributed by atoms with van der Waals surface area (Å²) in [5.41, 5.74) is 0.914. The second kappa shape index (κ2) is 9.66. The van der Waals surface area contributed by atoms with Crippen molar-refractivity contribution in [3.63, 3.8) is 0 Å². The first-order valence-electron chi connectivity index (χ1n) is 9.44. The number of anilines is 1. The van der Waals surface area contributed by atoms with Crippen LogP contribution >= 0.6 is 11.3 Å². The monoisotopic (exact) mass is 402 g/mol. The molecule has 1 fully saturated rings. The van der Waals surface area contributed by atoms with Gasteiger partial charge in [0.2, 0.25) is 5.91 Å². The van der Waals surface area contributed by atoms with Crippen molar-refractivity contribution >= 4 is 29.0 Å². The Morgan fingerprint density at radius 2 is 2.04 bits per heavy atom. The maximum Gasteiger partial charge on any atom is 0.262 e. The molecule has 1 saturated heterocycles. The highest BCUT2D eigenvalue weighted by Gasteiger charge is 2.24. The summed E-state index contributed by atoms with van der Waals surface area (Å²) in [4.78, 5) is 32.2. The van der Waals surface area contributed by atoms with Crippen molar-refractivity contribution in [3.05, 3.63) is 46.3 Å². The van der Waals surface area contributed by atoms with Crippen LogP contribution in [-0.4, -0.2) is 49.1 Å². The summed E-state index contributed by atoms with van der Waals surface area (Å²) >= 11 is 1.36. The van der Waals surface area contributed by atoms with Gasteiger partial charge < -0.3 is 20.3 Å². The molecule has 1 aliphatic rings. The van der Waals surface area contributed by atoms with E-state index in [0.717, 1.165) is 24.5 Å². The van der Waals surface area contributed by atoms with E-state index in [2.05, 4.69) is 20.5 Å². The molecule has 150 valence electrons. The molecule has 1 atom stereocenters. The Labute approximate surface area is 169 Å². The zero-order valence-electron chi connectivity index (χ0n) is 16.2. The fourth-order valence-electron chi connectivity index (χ4n) is 2.95. The molecule has 0 radical (unpaired) electrons. The predicted octanol–water partition coefficient (Wildman–Crippen LogP) is 2.05. The lowest BCUT2D eigenvalue weighted by molar-refractivity contribution is -0.124. The van der Waals surface area contributed by atoms with E-state index in [9.17, 15) is 9.59 Å². The Kier molecular flexibility index (Phi) is 7.00. The van der Waals surface area contributed by atoms with Crippen molar-refractivity contribution in [1.82, 2.24) is 15.6 Å². The minimum absolute atomic E-state index is 0.0225. The third kappa shape index (κ3) is 5.30. The van der Waals surface area contributed by atoms with Crippen molar-refractivity contribution in [1.29, 1.82) is 0 Å². The summed E-state index contributed by atoms with van der Waals surface area (Å²) < 4.78 is 5.36. The van der Waals surface area contributed by atoms with Crippen molar-refractivity contribution in [2.24, 2.45) is 5.92 Å². The van der Waals surface area contributed by atoms with Gasteiger partial charge in [0.15, 0.2) is 0 Å². The van der Waals surface area contributed by atoms with E-state index >= 15 is 0 Å². The molecule has 2 aromatic heterocycles. The number of carbonyl (C=O) groups excluding carboxylic acids is 2. The molecule has 0 aliphatic carbocycles. The number of nitrogens with zero attached hydrogens (tertiary/aromatic N) is 2. The van der Waals surface area contributed by atoms with Gasteiger partial charge in [-0.05, 0) is 29.0 Å². The first-order valence-corrected chi connectivity index (χ1v) is 10.3.